The van der Waals surface area contributed by atoms with Gasteiger partial charge in [-0.3, -0.25) is 0 Å². The van der Waals surface area contributed by atoms with Crippen LogP contribution in [0.2, 0.25) is 0 Å². The largest absolute Gasteiger partial charge is 0.493 e. The van der Waals surface area contributed by atoms with E-state index in [0.29, 0.717) is 26.4 Å². The molecule has 0 radical (unpaired) electrons. The van der Waals surface area contributed by atoms with Crippen molar-refractivity contribution in [1.29, 1.82) is 0 Å². The Morgan fingerprint density at radius 1 is 0.293 bits per heavy atom. The van der Waals surface area contributed by atoms with Crippen LogP contribution in [0.25, 0.3) is 21.5 Å². The van der Waals surface area contributed by atoms with Gasteiger partial charge in [0.25, 0.3) is 0 Å². The summed E-state index contributed by atoms with van der Waals surface area (Å²) in [7, 11) is 0. The van der Waals surface area contributed by atoms with Crippen molar-refractivity contribution in [3.63, 3.8) is 0 Å². The van der Waals surface area contributed by atoms with Crippen molar-refractivity contribution >= 4 is 21.5 Å². The van der Waals surface area contributed by atoms with Crippen LogP contribution in [0.15, 0.2) is 121 Å². The van der Waals surface area contributed by atoms with Gasteiger partial charge in [0, 0.05) is 51.5 Å². The van der Waals surface area contributed by atoms with Crippen LogP contribution < -0.4 is 18.9 Å². The first kappa shape index (κ1) is 65.1. The number of unbranched alkanes of at least 4 members (excludes halogenated alkanes) is 24. The van der Waals surface area contributed by atoms with Crippen molar-refractivity contribution in [3.05, 3.63) is 210 Å². The molecule has 2 atom stereocenters. The van der Waals surface area contributed by atoms with Crippen molar-refractivity contribution in [1.82, 2.24) is 0 Å². The monoisotopic (exact) mass is 1230 g/mol. The Bertz CT molecular complexity index is 3820. The van der Waals surface area contributed by atoms with Gasteiger partial charge < -0.3 is 18.9 Å². The van der Waals surface area contributed by atoms with E-state index >= 15 is 0 Å². The minimum atomic E-state index is -0.0817. The Balaban J connectivity index is 0.918. The summed E-state index contributed by atoms with van der Waals surface area (Å²) in [5, 5.41) is 4.87. The van der Waals surface area contributed by atoms with Crippen LogP contribution in [0, 0.1) is 25.7 Å². The van der Waals surface area contributed by atoms with Gasteiger partial charge in [0.2, 0.25) is 0 Å². The highest BCUT2D eigenvalue weighted by molar-refractivity contribution is 6.09. The molecule has 14 rings (SSSR count). The number of aryl methyl sites for hydroxylation is 2. The van der Waals surface area contributed by atoms with Crippen molar-refractivity contribution in [3.8, 4) is 34.8 Å². The van der Waals surface area contributed by atoms with Crippen molar-refractivity contribution < 1.29 is 18.9 Å². The summed E-state index contributed by atoms with van der Waals surface area (Å²) in [5.41, 5.74) is 20.7. The molecule has 0 amide bonds. The first-order chi connectivity index (χ1) is 45.5. The number of ether oxygens (including phenoxy) is 4. The van der Waals surface area contributed by atoms with Crippen LogP contribution in [-0.4, -0.2) is 26.4 Å². The Labute approximate surface area is 554 Å². The van der Waals surface area contributed by atoms with Gasteiger partial charge in [-0.15, -0.1) is 0 Å². The van der Waals surface area contributed by atoms with Crippen molar-refractivity contribution in [2.45, 2.75) is 245 Å². The van der Waals surface area contributed by atoms with Crippen LogP contribution in [0.4, 0.5) is 0 Å². The summed E-state index contributed by atoms with van der Waals surface area (Å²) >= 11 is 0. The first-order valence-electron chi connectivity index (χ1n) is 37.1. The lowest BCUT2D eigenvalue weighted by atomic mass is 9.55. The van der Waals surface area contributed by atoms with Gasteiger partial charge in [-0.1, -0.05) is 291 Å². The fourth-order valence-corrected chi connectivity index (χ4v) is 16.4. The molecule has 2 unspecified atom stereocenters. The van der Waals surface area contributed by atoms with Gasteiger partial charge in [0.1, 0.15) is 23.0 Å². The Morgan fingerprint density at radius 2 is 0.630 bits per heavy atom. The van der Waals surface area contributed by atoms with E-state index in [2.05, 4.69) is 175 Å². The molecule has 0 fully saturated rings. The molecular weight excluding hydrogens is 1120 g/mol. The van der Waals surface area contributed by atoms with Gasteiger partial charge >= 0.3 is 0 Å². The van der Waals surface area contributed by atoms with E-state index < -0.39 is 0 Å². The minimum absolute atomic E-state index is 0.0287. The summed E-state index contributed by atoms with van der Waals surface area (Å²) < 4.78 is 28.6. The summed E-state index contributed by atoms with van der Waals surface area (Å²) in [5.74, 6) is 11.7. The molecule has 4 heteroatoms. The van der Waals surface area contributed by atoms with Crippen LogP contribution >= 0.6 is 0 Å². The lowest BCUT2D eigenvalue weighted by molar-refractivity contribution is 0.285. The molecule has 8 aromatic rings. The van der Waals surface area contributed by atoms with E-state index in [1.165, 1.54) is 235 Å². The smallest absolute Gasteiger partial charge is 0.135 e. The Morgan fingerprint density at radius 3 is 1.04 bits per heavy atom. The molecule has 6 aliphatic carbocycles. The predicted octanol–water partition coefficient (Wildman–Crippen LogP) is 24.5. The maximum Gasteiger partial charge on any atom is 0.135 e. The second-order valence-corrected chi connectivity index (χ2v) is 27.7. The molecule has 92 heavy (non-hydrogen) atoms. The fraction of sp³-hybridized carbons (Fsp3) is 0.477. The molecule has 0 heterocycles. The molecular formula is C88H106O4. The van der Waals surface area contributed by atoms with Gasteiger partial charge in [-0.25, -0.2) is 0 Å². The maximum atomic E-state index is 7.54. The molecule has 0 spiro atoms. The summed E-state index contributed by atoms with van der Waals surface area (Å²) in [6, 6.07) is 46.4. The lowest BCUT2D eigenvalue weighted by Gasteiger charge is -2.49. The first-order valence-corrected chi connectivity index (χ1v) is 37.1. The zero-order valence-corrected chi connectivity index (χ0v) is 57.1. The molecule has 0 aliphatic heterocycles. The molecule has 6 aliphatic rings. The van der Waals surface area contributed by atoms with E-state index in [1.807, 2.05) is 0 Å². The second kappa shape index (κ2) is 31.8. The molecule has 0 N–H and O–H groups in total. The van der Waals surface area contributed by atoms with Crippen LogP contribution in [-0.2, 0) is 0 Å². The maximum absolute atomic E-state index is 7.54. The summed E-state index contributed by atoms with van der Waals surface area (Å²) in [6.45, 7) is 16.4. The highest BCUT2D eigenvalue weighted by Crippen LogP contribution is 2.68. The molecule has 0 saturated heterocycles. The zero-order chi connectivity index (χ0) is 63.2. The molecule has 482 valence electrons. The third kappa shape index (κ3) is 13.7. The minimum Gasteiger partial charge on any atom is -0.493 e. The number of fused-ring (bicyclic) bond motifs is 2. The Kier molecular flexibility index (Phi) is 22.5. The van der Waals surface area contributed by atoms with Crippen LogP contribution in [0.5, 0.6) is 23.0 Å². The number of benzene rings is 8. The van der Waals surface area contributed by atoms with E-state index in [-0.39, 0.29) is 23.7 Å². The summed E-state index contributed by atoms with van der Waals surface area (Å²) in [4.78, 5) is 0. The molecule has 4 nitrogen and oxygen atoms in total. The van der Waals surface area contributed by atoms with E-state index in [9.17, 15) is 0 Å². The number of rotatable bonds is 36. The third-order valence-corrected chi connectivity index (χ3v) is 21.3. The van der Waals surface area contributed by atoms with E-state index in [4.69, 9.17) is 18.9 Å². The SMILES string of the molecule is CCCCCCCCCCCCCCOc1cc(C#Cc2c3ccccc3c(C)c3cc4c(cc23)C2c3ccccc3C4c3c(OCCCC)c4c(c(OCCCC)c32)C2c3ccccc3C4c3ccccc32)c(OCCCCCCCCCCCCCC)cc1C. The van der Waals surface area contributed by atoms with Gasteiger partial charge in [0.15, 0.2) is 0 Å². The number of hydrogen-bond acceptors (Lipinski definition) is 4. The summed E-state index contributed by atoms with van der Waals surface area (Å²) in [6.07, 6.45) is 35.8. The highest BCUT2D eigenvalue weighted by Gasteiger charge is 2.52. The van der Waals surface area contributed by atoms with Crippen molar-refractivity contribution in [2.24, 2.45) is 0 Å². The van der Waals surface area contributed by atoms with Crippen LogP contribution in [0.1, 0.15) is 320 Å². The van der Waals surface area contributed by atoms with Gasteiger partial charge in [-0.05, 0) is 141 Å². The zero-order valence-electron chi connectivity index (χ0n) is 57.1. The predicted molar refractivity (Wildman–Crippen MR) is 387 cm³/mol. The lowest BCUT2D eigenvalue weighted by Crippen LogP contribution is -2.34. The average molecular weight is 1230 g/mol. The topological polar surface area (TPSA) is 36.9 Å². The third-order valence-electron chi connectivity index (χ3n) is 21.3. The average Bonchev–Trinajstić information content (AvgIpc) is 0.667. The van der Waals surface area contributed by atoms with Crippen LogP contribution in [0.3, 0.4) is 0 Å². The van der Waals surface area contributed by atoms with E-state index in [0.717, 1.165) is 78.2 Å². The number of hydrogen-bond donors (Lipinski definition) is 0. The molecule has 4 bridgehead atoms. The fourth-order valence-electron chi connectivity index (χ4n) is 16.4. The molecule has 8 aromatic carbocycles. The Hall–Kier alpha value is -6.96. The molecule has 0 aromatic heterocycles. The second-order valence-electron chi connectivity index (χ2n) is 27.7. The van der Waals surface area contributed by atoms with Crippen molar-refractivity contribution in [2.75, 3.05) is 26.4 Å². The quantitative estimate of drug-likeness (QED) is 0.0223. The normalized spacial score (nSPS) is 15.9. The molecule has 0 saturated carbocycles. The standard InChI is InChI=1S/C88H106O4/c1-7-11-15-17-19-21-23-25-27-29-31-41-55-89-77-58-63(78(57-61(77)5)90-56-42-32-30-28-26-24-22-20-18-16-12-8-2)51-52-66-65-44-34-33-43-64(65)62(6)73-59-75-76(60-74(66)73)82-72-50-40-39-49-71(72)81(75)85-86(82)88(92-54-14-10-4)84-80-69-47-37-35-45-67(69)79(68-46-36-38-48-70(68)80)83(84)87(85)91-53-13-9-3/h33-40,43-50,57-60,79-82H,7-32,41-42,53-56H2,1-6H3. The highest BCUT2D eigenvalue weighted by atomic mass is 16.5. The van der Waals surface area contributed by atoms with Gasteiger partial charge in [-0.2, -0.15) is 0 Å². The van der Waals surface area contributed by atoms with E-state index in [1.54, 1.807) is 0 Å². The van der Waals surface area contributed by atoms with Gasteiger partial charge in [0.05, 0.1) is 32.0 Å².